The van der Waals surface area contributed by atoms with Crippen molar-refractivity contribution < 1.29 is 33.8 Å². The molecule has 1 aliphatic rings. The van der Waals surface area contributed by atoms with Crippen LogP contribution in [0.3, 0.4) is 0 Å². The van der Waals surface area contributed by atoms with Crippen LogP contribution in [0.15, 0.2) is 0 Å². The van der Waals surface area contributed by atoms with E-state index in [-0.39, 0.29) is 12.5 Å². The highest BCUT2D eigenvalue weighted by Crippen LogP contribution is 2.24. The summed E-state index contributed by atoms with van der Waals surface area (Å²) in [5.41, 5.74) is 0. The summed E-state index contributed by atoms with van der Waals surface area (Å²) in [7, 11) is 0. The lowest BCUT2D eigenvalue weighted by molar-refractivity contribution is -0.144. The van der Waals surface area contributed by atoms with Crippen LogP contribution >= 0.6 is 0 Å². The van der Waals surface area contributed by atoms with Gasteiger partial charge in [-0.2, -0.15) is 0 Å². The number of hydrogen-bond acceptors (Lipinski definition) is 6. The van der Waals surface area contributed by atoms with E-state index >= 15 is 0 Å². The van der Waals surface area contributed by atoms with Crippen LogP contribution in [-0.4, -0.2) is 59.8 Å². The van der Waals surface area contributed by atoms with E-state index in [1.165, 1.54) is 6.92 Å². The van der Waals surface area contributed by atoms with Gasteiger partial charge < -0.3 is 25.2 Å². The fourth-order valence-electron chi connectivity index (χ4n) is 2.02. The summed E-state index contributed by atoms with van der Waals surface area (Å²) in [6, 6.07) is -2.00. The van der Waals surface area contributed by atoms with Crippen molar-refractivity contribution in [3.05, 3.63) is 0 Å². The minimum atomic E-state index is -1.18. The molecule has 0 bridgehead atoms. The molecule has 24 heavy (non-hydrogen) atoms. The maximum absolute atomic E-state index is 12.2. The fraction of sp³-hybridized carbons (Fsp3) is 0.733. The zero-order chi connectivity index (χ0) is 18.4. The SMILES string of the molecule is CCOC(=O)C1OC1C(=O)NC(C(=O)NC(C)C(=O)O)C(C)CC. The number of rotatable bonds is 9. The molecule has 1 heterocycles. The van der Waals surface area contributed by atoms with Gasteiger partial charge in [0.05, 0.1) is 6.61 Å². The van der Waals surface area contributed by atoms with Gasteiger partial charge in [-0.05, 0) is 19.8 Å². The van der Waals surface area contributed by atoms with Gasteiger partial charge in [-0.15, -0.1) is 0 Å². The first kappa shape index (κ1) is 19.9. The van der Waals surface area contributed by atoms with Crippen molar-refractivity contribution in [1.29, 1.82) is 0 Å². The number of amides is 2. The number of esters is 1. The van der Waals surface area contributed by atoms with Crippen LogP contribution in [0.25, 0.3) is 0 Å². The van der Waals surface area contributed by atoms with E-state index in [1.807, 2.05) is 6.92 Å². The van der Waals surface area contributed by atoms with E-state index in [1.54, 1.807) is 13.8 Å². The Bertz CT molecular complexity index is 508. The van der Waals surface area contributed by atoms with Crippen molar-refractivity contribution in [2.45, 2.75) is 58.4 Å². The number of carboxylic acids is 1. The number of ether oxygens (including phenoxy) is 2. The van der Waals surface area contributed by atoms with Gasteiger partial charge in [0.15, 0.2) is 12.2 Å². The average molecular weight is 344 g/mol. The molecule has 1 rings (SSSR count). The van der Waals surface area contributed by atoms with E-state index in [9.17, 15) is 19.2 Å². The van der Waals surface area contributed by atoms with Crippen LogP contribution < -0.4 is 10.6 Å². The van der Waals surface area contributed by atoms with Crippen molar-refractivity contribution >= 4 is 23.8 Å². The van der Waals surface area contributed by atoms with Crippen molar-refractivity contribution in [3.8, 4) is 0 Å². The monoisotopic (exact) mass is 344 g/mol. The molecule has 1 saturated heterocycles. The quantitative estimate of drug-likeness (QED) is 0.377. The summed E-state index contributed by atoms with van der Waals surface area (Å²) >= 11 is 0. The molecule has 0 radical (unpaired) electrons. The summed E-state index contributed by atoms with van der Waals surface area (Å²) in [4.78, 5) is 46.7. The Hall–Kier alpha value is -2.16. The van der Waals surface area contributed by atoms with E-state index in [4.69, 9.17) is 14.6 Å². The Balaban J connectivity index is 2.67. The van der Waals surface area contributed by atoms with E-state index < -0.39 is 48.0 Å². The van der Waals surface area contributed by atoms with Gasteiger partial charge in [0.2, 0.25) is 5.91 Å². The normalized spacial score (nSPS) is 22.7. The third-order valence-corrected chi connectivity index (χ3v) is 3.79. The van der Waals surface area contributed by atoms with Gasteiger partial charge in [0.25, 0.3) is 5.91 Å². The smallest absolute Gasteiger partial charge is 0.338 e. The minimum Gasteiger partial charge on any atom is -0.480 e. The first-order chi connectivity index (χ1) is 11.2. The largest absolute Gasteiger partial charge is 0.480 e. The molecule has 9 nitrogen and oxygen atoms in total. The Kier molecular flexibility index (Phi) is 7.15. The molecule has 0 aromatic rings. The minimum absolute atomic E-state index is 0.179. The molecule has 3 N–H and O–H groups in total. The number of epoxide rings is 1. The Morgan fingerprint density at radius 2 is 1.75 bits per heavy atom. The standard InChI is InChI=1S/C15H24N2O7/c1-5-7(3)9(12(18)16-8(4)14(20)21)17-13(19)10-11(24-10)15(22)23-6-2/h7-11H,5-6H2,1-4H3,(H,16,18)(H,17,19)(H,20,21). The van der Waals surface area contributed by atoms with Gasteiger partial charge in [-0.1, -0.05) is 20.3 Å². The highest BCUT2D eigenvalue weighted by Gasteiger charge is 2.52. The van der Waals surface area contributed by atoms with E-state index in [2.05, 4.69) is 10.6 Å². The second-order valence-corrected chi connectivity index (χ2v) is 5.67. The van der Waals surface area contributed by atoms with Crippen LogP contribution in [0.1, 0.15) is 34.1 Å². The summed E-state index contributed by atoms with van der Waals surface area (Å²) in [6.07, 6.45) is -1.35. The maximum atomic E-state index is 12.2. The Labute approximate surface area is 140 Å². The Morgan fingerprint density at radius 1 is 1.12 bits per heavy atom. The summed E-state index contributed by atoms with van der Waals surface area (Å²) < 4.78 is 9.75. The number of carboxylic acid groups (broad SMARTS) is 1. The predicted octanol–water partition coefficient (Wildman–Crippen LogP) is -0.563. The number of carbonyl (C=O) groups excluding carboxylic acids is 3. The molecule has 2 amide bonds. The van der Waals surface area contributed by atoms with Gasteiger partial charge in [-0.25, -0.2) is 4.79 Å². The molecular formula is C15H24N2O7. The number of aliphatic carboxylic acids is 1. The summed E-state index contributed by atoms with van der Waals surface area (Å²) in [5.74, 6) is -3.22. The predicted molar refractivity (Wildman–Crippen MR) is 81.9 cm³/mol. The molecule has 0 saturated carbocycles. The topological polar surface area (TPSA) is 134 Å². The molecule has 1 aliphatic heterocycles. The lowest BCUT2D eigenvalue weighted by atomic mass is 9.97. The van der Waals surface area contributed by atoms with Gasteiger partial charge in [0, 0.05) is 0 Å². The van der Waals surface area contributed by atoms with Crippen molar-refractivity contribution in [2.75, 3.05) is 6.61 Å². The molecule has 0 aromatic carbocycles. The molecule has 0 aliphatic carbocycles. The van der Waals surface area contributed by atoms with Crippen molar-refractivity contribution in [2.24, 2.45) is 5.92 Å². The van der Waals surface area contributed by atoms with Crippen LogP contribution in [0.4, 0.5) is 0 Å². The van der Waals surface area contributed by atoms with Crippen LogP contribution in [0.2, 0.25) is 0 Å². The molecule has 136 valence electrons. The molecular weight excluding hydrogens is 320 g/mol. The van der Waals surface area contributed by atoms with E-state index in [0.717, 1.165) is 0 Å². The molecule has 1 fully saturated rings. The fourth-order valence-corrected chi connectivity index (χ4v) is 2.02. The number of nitrogens with one attached hydrogen (secondary N) is 2. The second-order valence-electron chi connectivity index (χ2n) is 5.67. The van der Waals surface area contributed by atoms with Gasteiger partial charge >= 0.3 is 11.9 Å². The molecule has 5 atom stereocenters. The summed E-state index contributed by atoms with van der Waals surface area (Å²) in [6.45, 7) is 6.75. The lowest BCUT2D eigenvalue weighted by Crippen LogP contribution is -2.54. The van der Waals surface area contributed by atoms with Crippen molar-refractivity contribution in [3.63, 3.8) is 0 Å². The van der Waals surface area contributed by atoms with Crippen molar-refractivity contribution in [1.82, 2.24) is 10.6 Å². The first-order valence-electron chi connectivity index (χ1n) is 7.88. The second kappa shape index (κ2) is 8.62. The third kappa shape index (κ3) is 5.19. The molecule has 9 heteroatoms. The number of hydrogen-bond donors (Lipinski definition) is 3. The number of carbonyl (C=O) groups is 4. The third-order valence-electron chi connectivity index (χ3n) is 3.79. The molecule has 0 aromatic heterocycles. The summed E-state index contributed by atoms with van der Waals surface area (Å²) in [5, 5.41) is 13.7. The highest BCUT2D eigenvalue weighted by molar-refractivity contribution is 5.96. The van der Waals surface area contributed by atoms with Crippen LogP contribution in [-0.2, 0) is 28.7 Å². The van der Waals surface area contributed by atoms with Gasteiger partial charge in [-0.3, -0.25) is 14.4 Å². The van der Waals surface area contributed by atoms with Gasteiger partial charge in [0.1, 0.15) is 12.1 Å². The zero-order valence-corrected chi connectivity index (χ0v) is 14.2. The first-order valence-corrected chi connectivity index (χ1v) is 7.88. The lowest BCUT2D eigenvalue weighted by Gasteiger charge is -2.24. The molecule has 5 unspecified atom stereocenters. The van der Waals surface area contributed by atoms with Crippen LogP contribution in [0.5, 0.6) is 0 Å². The highest BCUT2D eigenvalue weighted by atomic mass is 16.6. The molecule has 0 spiro atoms. The Morgan fingerprint density at radius 3 is 2.25 bits per heavy atom. The van der Waals surface area contributed by atoms with Crippen LogP contribution in [0, 0.1) is 5.92 Å². The zero-order valence-electron chi connectivity index (χ0n) is 14.2. The maximum Gasteiger partial charge on any atom is 0.338 e. The average Bonchev–Trinajstić information content (AvgIpc) is 3.32. The van der Waals surface area contributed by atoms with E-state index in [0.29, 0.717) is 6.42 Å².